The fourth-order valence-electron chi connectivity index (χ4n) is 4.68. The molecule has 0 spiro atoms. The summed E-state index contributed by atoms with van der Waals surface area (Å²) in [7, 11) is -0.452. The Kier molecular flexibility index (Phi) is 4.80. The quantitative estimate of drug-likeness (QED) is 0.690. The number of likely N-dealkylation sites (tertiary alicyclic amines) is 1. The second-order valence-electron chi connectivity index (χ2n) is 11.2. The fourth-order valence-corrected chi connectivity index (χ4v) is 4.68. The van der Waals surface area contributed by atoms with E-state index >= 15 is 0 Å². The molecule has 0 aliphatic carbocycles. The Morgan fingerprint density at radius 1 is 1.19 bits per heavy atom. The van der Waals surface area contributed by atoms with Crippen molar-refractivity contribution >= 4 is 29.7 Å². The van der Waals surface area contributed by atoms with E-state index in [9.17, 15) is 9.90 Å². The van der Waals surface area contributed by atoms with Crippen LogP contribution in [0.25, 0.3) is 11.0 Å². The second kappa shape index (κ2) is 6.72. The van der Waals surface area contributed by atoms with Crippen LogP contribution in [0.3, 0.4) is 0 Å². The molecule has 1 amide bonds. The van der Waals surface area contributed by atoms with Crippen LogP contribution in [-0.2, 0) is 9.31 Å². The lowest BCUT2D eigenvalue weighted by Crippen LogP contribution is -2.53. The number of benzene rings is 1. The third kappa shape index (κ3) is 3.35. The highest BCUT2D eigenvalue weighted by Crippen LogP contribution is 2.50. The van der Waals surface area contributed by atoms with Crippen molar-refractivity contribution in [2.75, 3.05) is 0 Å². The molecule has 0 bridgehead atoms. The summed E-state index contributed by atoms with van der Waals surface area (Å²) in [6.45, 7) is 16.5. The van der Waals surface area contributed by atoms with E-state index in [0.29, 0.717) is 5.82 Å². The number of amides is 1. The second-order valence-corrected chi connectivity index (χ2v) is 11.2. The van der Waals surface area contributed by atoms with Crippen molar-refractivity contribution in [3.8, 4) is 0 Å². The van der Waals surface area contributed by atoms with Gasteiger partial charge in [0.05, 0.1) is 28.3 Å². The number of aromatic amines is 1. The van der Waals surface area contributed by atoms with E-state index in [4.69, 9.17) is 14.3 Å². The van der Waals surface area contributed by atoms with E-state index in [1.165, 1.54) is 0 Å². The van der Waals surface area contributed by atoms with Gasteiger partial charge >= 0.3 is 13.2 Å². The number of hydrogen-bond donors (Lipinski definition) is 2. The minimum atomic E-state index is -0.904. The minimum absolute atomic E-state index is 0.184. The predicted molar refractivity (Wildman–Crippen MR) is 122 cm³/mol. The van der Waals surface area contributed by atoms with E-state index in [1.807, 2.05) is 52.8 Å². The standard InChI is InChI=1S/C23H34BN3O4/c1-20(2,3)23(8)12-11-17(27(23)19(28)29)18-25-15-10-9-14(13-16(15)26-18)24-30-21(4,5)22(6,7)31-24/h9-10,13,17H,11-12H2,1-8H3,(H,25,26)(H,28,29)/t17-,23-/m0/s1. The Balaban J connectivity index is 1.67. The smallest absolute Gasteiger partial charge is 0.465 e. The Bertz CT molecular complexity index is 1010. The molecule has 0 saturated carbocycles. The van der Waals surface area contributed by atoms with Crippen molar-refractivity contribution in [3.63, 3.8) is 0 Å². The first-order valence-corrected chi connectivity index (χ1v) is 11.0. The first-order valence-electron chi connectivity index (χ1n) is 11.0. The van der Waals surface area contributed by atoms with Crippen molar-refractivity contribution in [2.24, 2.45) is 5.41 Å². The molecule has 0 radical (unpaired) electrons. The van der Waals surface area contributed by atoms with E-state index < -0.39 is 30.0 Å². The summed E-state index contributed by atoms with van der Waals surface area (Å²) < 4.78 is 12.4. The zero-order valence-electron chi connectivity index (χ0n) is 19.9. The van der Waals surface area contributed by atoms with Crippen LogP contribution in [0.1, 0.15) is 80.1 Å². The number of fused-ring (bicyclic) bond motifs is 1. The van der Waals surface area contributed by atoms with Crippen LogP contribution in [-0.4, -0.2) is 49.9 Å². The zero-order chi connectivity index (χ0) is 23.0. The van der Waals surface area contributed by atoms with Crippen LogP contribution >= 0.6 is 0 Å². The monoisotopic (exact) mass is 427 g/mol. The summed E-state index contributed by atoms with van der Waals surface area (Å²) in [5.41, 5.74) is 1.13. The van der Waals surface area contributed by atoms with Crippen LogP contribution in [0.4, 0.5) is 4.79 Å². The van der Waals surface area contributed by atoms with Crippen LogP contribution in [0.2, 0.25) is 0 Å². The SMILES string of the molecule is CC1(C)OB(c2ccc3nc([C@@H]4CC[C@@](C)(C(C)(C)C)N4C(=O)O)[nH]c3c2)OC1(C)C. The number of nitrogens with zero attached hydrogens (tertiary/aromatic N) is 2. The van der Waals surface area contributed by atoms with Crippen molar-refractivity contribution < 1.29 is 19.2 Å². The lowest BCUT2D eigenvalue weighted by Gasteiger charge is -2.45. The minimum Gasteiger partial charge on any atom is -0.465 e. The average molecular weight is 427 g/mol. The van der Waals surface area contributed by atoms with Gasteiger partial charge in [0.15, 0.2) is 0 Å². The van der Waals surface area contributed by atoms with E-state index in [-0.39, 0.29) is 11.5 Å². The highest BCUT2D eigenvalue weighted by Gasteiger charge is 2.54. The van der Waals surface area contributed by atoms with Gasteiger partial charge in [-0.05, 0) is 70.5 Å². The van der Waals surface area contributed by atoms with Gasteiger partial charge in [0, 0.05) is 5.54 Å². The first-order chi connectivity index (χ1) is 14.2. The number of carboxylic acid groups (broad SMARTS) is 1. The molecule has 2 aliphatic heterocycles. The lowest BCUT2D eigenvalue weighted by atomic mass is 9.73. The summed E-state index contributed by atoms with van der Waals surface area (Å²) >= 11 is 0. The summed E-state index contributed by atoms with van der Waals surface area (Å²) in [4.78, 5) is 22.0. The van der Waals surface area contributed by atoms with Gasteiger partial charge in [0.2, 0.25) is 0 Å². The number of imidazole rings is 1. The van der Waals surface area contributed by atoms with Crippen molar-refractivity contribution in [2.45, 2.75) is 91.0 Å². The number of hydrogen-bond acceptors (Lipinski definition) is 4. The van der Waals surface area contributed by atoms with Gasteiger partial charge in [-0.25, -0.2) is 9.78 Å². The molecule has 2 saturated heterocycles. The summed E-state index contributed by atoms with van der Waals surface area (Å²) in [6, 6.07) is 5.61. The lowest BCUT2D eigenvalue weighted by molar-refractivity contribution is 0.00578. The van der Waals surface area contributed by atoms with E-state index in [0.717, 1.165) is 29.3 Å². The maximum Gasteiger partial charge on any atom is 0.494 e. The number of rotatable bonds is 2. The fraction of sp³-hybridized carbons (Fsp3) is 0.652. The molecule has 168 valence electrons. The summed E-state index contributed by atoms with van der Waals surface area (Å²) in [5.74, 6) is 0.691. The van der Waals surface area contributed by atoms with Gasteiger partial charge in [-0.2, -0.15) is 0 Å². The molecule has 8 heteroatoms. The van der Waals surface area contributed by atoms with Crippen molar-refractivity contribution in [1.82, 2.24) is 14.9 Å². The number of H-pyrrole nitrogens is 1. The molecule has 1 aromatic carbocycles. The van der Waals surface area contributed by atoms with E-state index in [2.05, 4.69) is 25.8 Å². The van der Waals surface area contributed by atoms with Gasteiger partial charge < -0.3 is 19.4 Å². The van der Waals surface area contributed by atoms with Crippen molar-refractivity contribution in [3.05, 3.63) is 24.0 Å². The molecule has 2 aromatic rings. The molecule has 3 heterocycles. The third-order valence-corrected chi connectivity index (χ3v) is 7.94. The first kappa shape index (κ1) is 22.2. The average Bonchev–Trinajstić information content (AvgIpc) is 3.26. The van der Waals surface area contributed by atoms with Gasteiger partial charge in [0.1, 0.15) is 5.82 Å². The molecule has 4 rings (SSSR count). The molecule has 31 heavy (non-hydrogen) atoms. The molecular formula is C23H34BN3O4. The van der Waals surface area contributed by atoms with Crippen molar-refractivity contribution in [1.29, 1.82) is 0 Å². The predicted octanol–water partition coefficient (Wildman–Crippen LogP) is 4.48. The summed E-state index contributed by atoms with van der Waals surface area (Å²) in [5, 5.41) is 10.1. The van der Waals surface area contributed by atoms with Gasteiger partial charge in [-0.15, -0.1) is 0 Å². The van der Waals surface area contributed by atoms with Gasteiger partial charge in [0.25, 0.3) is 0 Å². The van der Waals surface area contributed by atoms with E-state index in [1.54, 1.807) is 4.90 Å². The van der Waals surface area contributed by atoms with Crippen LogP contribution < -0.4 is 5.46 Å². The maximum atomic E-state index is 12.3. The Labute approximate surface area is 184 Å². The maximum absolute atomic E-state index is 12.3. The number of carbonyl (C=O) groups is 1. The Morgan fingerprint density at radius 3 is 2.35 bits per heavy atom. The molecule has 7 nitrogen and oxygen atoms in total. The number of aromatic nitrogens is 2. The molecule has 2 aliphatic rings. The topological polar surface area (TPSA) is 87.7 Å². The normalized spacial score (nSPS) is 27.9. The molecule has 2 atom stereocenters. The molecule has 0 unspecified atom stereocenters. The van der Waals surface area contributed by atoms with Gasteiger partial charge in [-0.3, -0.25) is 4.90 Å². The van der Waals surface area contributed by atoms with Crippen LogP contribution in [0.5, 0.6) is 0 Å². The Hall–Kier alpha value is -2.06. The molecular weight excluding hydrogens is 393 g/mol. The highest BCUT2D eigenvalue weighted by molar-refractivity contribution is 6.62. The molecule has 2 fully saturated rings. The third-order valence-electron chi connectivity index (χ3n) is 7.94. The zero-order valence-corrected chi connectivity index (χ0v) is 19.9. The van der Waals surface area contributed by atoms with Gasteiger partial charge in [-0.1, -0.05) is 26.8 Å². The highest BCUT2D eigenvalue weighted by atomic mass is 16.7. The van der Waals surface area contributed by atoms with Crippen LogP contribution in [0.15, 0.2) is 18.2 Å². The molecule has 2 N–H and O–H groups in total. The van der Waals surface area contributed by atoms with Crippen LogP contribution in [0, 0.1) is 5.41 Å². The summed E-state index contributed by atoms with van der Waals surface area (Å²) in [6.07, 6.45) is 0.631. The Morgan fingerprint density at radius 2 is 1.81 bits per heavy atom. The molecule has 1 aromatic heterocycles. The largest absolute Gasteiger partial charge is 0.494 e. The number of nitrogens with one attached hydrogen (secondary N) is 1.